The first-order chi connectivity index (χ1) is 23.8. The number of amides is 2. The van der Waals surface area contributed by atoms with Gasteiger partial charge < -0.3 is 20.1 Å². The topological polar surface area (TPSA) is 180 Å². The highest BCUT2D eigenvalue weighted by atomic mass is 32.2. The van der Waals surface area contributed by atoms with E-state index in [9.17, 15) is 52.8 Å². The number of primary sulfonamides is 1. The number of sulfonamides is 1. The normalized spacial score (nSPS) is 12.4. The zero-order valence-electron chi connectivity index (χ0n) is 26.6. The van der Waals surface area contributed by atoms with Crippen LogP contribution in [0.2, 0.25) is 0 Å². The van der Waals surface area contributed by atoms with Crippen LogP contribution in [0.1, 0.15) is 51.1 Å². The van der Waals surface area contributed by atoms with E-state index < -0.39 is 74.4 Å². The van der Waals surface area contributed by atoms with E-state index in [0.29, 0.717) is 37.9 Å². The summed E-state index contributed by atoms with van der Waals surface area (Å²) in [6, 6.07) is 11.0. The van der Waals surface area contributed by atoms with Gasteiger partial charge in [-0.15, -0.1) is 0 Å². The molecule has 4 N–H and O–H groups in total. The lowest BCUT2D eigenvalue weighted by molar-refractivity contribution is -0.143. The second-order valence-corrected chi connectivity index (χ2v) is 13.8. The molecule has 0 spiro atoms. The summed E-state index contributed by atoms with van der Waals surface area (Å²) in [5.74, 6) is -1.62. The largest absolute Gasteiger partial charge is 0.491 e. The Morgan fingerprint density at radius 1 is 0.647 bits per heavy atom. The Labute approximate surface area is 289 Å². The Kier molecular flexibility index (Phi) is 14.4. The van der Waals surface area contributed by atoms with Crippen molar-refractivity contribution < 1.29 is 66.4 Å². The molecule has 20 heteroatoms. The van der Waals surface area contributed by atoms with Crippen LogP contribution in [0.4, 0.5) is 26.3 Å². The van der Waals surface area contributed by atoms with Gasteiger partial charge in [0, 0.05) is 24.2 Å². The highest BCUT2D eigenvalue weighted by Gasteiger charge is 2.37. The first kappa shape index (κ1) is 41.2. The molecule has 0 unspecified atom stereocenters. The Balaban J connectivity index is 1.34. The van der Waals surface area contributed by atoms with Crippen LogP contribution in [0.15, 0.2) is 76.5 Å². The van der Waals surface area contributed by atoms with Gasteiger partial charge in [0.25, 0.3) is 21.9 Å². The highest BCUT2D eigenvalue weighted by molar-refractivity contribution is 7.89. The van der Waals surface area contributed by atoms with Crippen molar-refractivity contribution in [3.8, 4) is 5.75 Å². The summed E-state index contributed by atoms with van der Waals surface area (Å²) in [4.78, 5) is 24.3. The number of hydrogen-bond acceptors (Lipinski definition) is 9. The third kappa shape index (κ3) is 13.4. The summed E-state index contributed by atoms with van der Waals surface area (Å²) in [7, 11) is -8.20. The standard InChI is InChI=1S/C31H33F6N3O9S2/c32-30(33,34)23-18-24(31(35,36)37)20-25(19-23)48-15-13-47-14-16-49-51(45,46)27-6-4-5-22(17-27)29(42)40-12-3-1-2-11-39-28(41)21-7-9-26(10-8-21)50(38,43)44/h4-10,17-20H,1-3,11-16H2,(H,39,41)(H,40,42)(H2,38,43,44). The molecule has 0 heterocycles. The van der Waals surface area contributed by atoms with Gasteiger partial charge in [-0.3, -0.25) is 13.8 Å². The van der Waals surface area contributed by atoms with Crippen LogP contribution in [-0.2, 0) is 41.4 Å². The maximum Gasteiger partial charge on any atom is 0.416 e. The summed E-state index contributed by atoms with van der Waals surface area (Å²) in [5.41, 5.74) is -2.78. The minimum Gasteiger partial charge on any atom is -0.491 e. The minimum atomic E-state index is -5.04. The fourth-order valence-electron chi connectivity index (χ4n) is 4.22. The van der Waals surface area contributed by atoms with Crippen LogP contribution in [-0.4, -0.2) is 68.2 Å². The van der Waals surface area contributed by atoms with Gasteiger partial charge in [0.05, 0.1) is 40.7 Å². The van der Waals surface area contributed by atoms with E-state index in [1.165, 1.54) is 42.5 Å². The average Bonchev–Trinajstić information content (AvgIpc) is 3.06. The third-order valence-electron chi connectivity index (χ3n) is 6.78. The van der Waals surface area contributed by atoms with Crippen LogP contribution in [0.25, 0.3) is 0 Å². The molecular formula is C31H33F6N3O9S2. The van der Waals surface area contributed by atoms with E-state index in [1.54, 1.807) is 0 Å². The average molecular weight is 770 g/mol. The van der Waals surface area contributed by atoms with Crippen molar-refractivity contribution in [2.75, 3.05) is 39.5 Å². The van der Waals surface area contributed by atoms with E-state index >= 15 is 0 Å². The predicted octanol–water partition coefficient (Wildman–Crippen LogP) is 4.50. The molecule has 0 fully saturated rings. The van der Waals surface area contributed by atoms with Gasteiger partial charge in [-0.25, -0.2) is 13.6 Å². The van der Waals surface area contributed by atoms with Gasteiger partial charge in [0.2, 0.25) is 10.0 Å². The summed E-state index contributed by atoms with van der Waals surface area (Å²) in [6.07, 6.45) is -8.31. The smallest absolute Gasteiger partial charge is 0.416 e. The molecule has 0 aliphatic carbocycles. The zero-order valence-corrected chi connectivity index (χ0v) is 28.2. The number of nitrogens with two attached hydrogens (primary N) is 1. The number of carbonyl (C=O) groups excluding carboxylic acids is 2. The maximum atomic E-state index is 13.0. The molecular weight excluding hydrogens is 736 g/mol. The number of alkyl halides is 6. The minimum absolute atomic E-state index is 0.0354. The molecule has 0 bridgehead atoms. The van der Waals surface area contributed by atoms with Gasteiger partial charge in [-0.2, -0.15) is 34.8 Å². The number of rotatable bonds is 18. The van der Waals surface area contributed by atoms with Gasteiger partial charge in [-0.1, -0.05) is 6.07 Å². The Bertz CT molecular complexity index is 1840. The lowest BCUT2D eigenvalue weighted by Gasteiger charge is -2.15. The molecule has 51 heavy (non-hydrogen) atoms. The van der Waals surface area contributed by atoms with E-state index in [0.717, 1.165) is 6.07 Å². The van der Waals surface area contributed by atoms with E-state index in [1.807, 2.05) is 0 Å². The van der Waals surface area contributed by atoms with Gasteiger partial charge in [0.15, 0.2) is 0 Å². The molecule has 2 amide bonds. The number of nitrogens with one attached hydrogen (secondary N) is 2. The summed E-state index contributed by atoms with van der Waals surface area (Å²) in [6.45, 7) is -0.989. The second-order valence-electron chi connectivity index (χ2n) is 10.6. The SMILES string of the molecule is NS(=O)(=O)c1ccc(C(=O)NCCCCCNC(=O)c2cccc(S(=O)(=O)OCCOCCOc3cc(C(F)(F)F)cc(C(F)(F)F)c3)c2)cc1. The van der Waals surface area contributed by atoms with Gasteiger partial charge in [0.1, 0.15) is 12.4 Å². The first-order valence-corrected chi connectivity index (χ1v) is 17.9. The number of unbranched alkanes of at least 4 members (excludes halogenated alkanes) is 2. The number of hydrogen-bond donors (Lipinski definition) is 3. The van der Waals surface area contributed by atoms with Crippen LogP contribution in [0, 0.1) is 0 Å². The lowest BCUT2D eigenvalue weighted by atomic mass is 10.1. The molecule has 0 radical (unpaired) electrons. The molecule has 280 valence electrons. The zero-order chi connectivity index (χ0) is 37.9. The second kappa shape index (κ2) is 17.8. The molecule has 0 aromatic heterocycles. The molecule has 0 atom stereocenters. The van der Waals surface area contributed by atoms with Crippen molar-refractivity contribution in [3.05, 3.63) is 89.0 Å². The fourth-order valence-corrected chi connectivity index (χ4v) is 5.68. The Morgan fingerprint density at radius 3 is 1.75 bits per heavy atom. The van der Waals surface area contributed by atoms with E-state index in [4.69, 9.17) is 18.8 Å². The molecule has 0 aliphatic rings. The van der Waals surface area contributed by atoms with Crippen LogP contribution in [0.5, 0.6) is 5.75 Å². The molecule has 0 saturated carbocycles. The molecule has 0 saturated heterocycles. The molecule has 0 aliphatic heterocycles. The molecule has 12 nitrogen and oxygen atoms in total. The van der Waals surface area contributed by atoms with Crippen molar-refractivity contribution in [1.29, 1.82) is 0 Å². The van der Waals surface area contributed by atoms with Crippen molar-refractivity contribution in [2.24, 2.45) is 5.14 Å². The van der Waals surface area contributed by atoms with Crippen molar-refractivity contribution >= 4 is 32.0 Å². The van der Waals surface area contributed by atoms with Crippen molar-refractivity contribution in [3.63, 3.8) is 0 Å². The first-order valence-electron chi connectivity index (χ1n) is 15.0. The predicted molar refractivity (Wildman–Crippen MR) is 169 cm³/mol. The lowest BCUT2D eigenvalue weighted by Crippen LogP contribution is -2.26. The fraction of sp³-hybridized carbons (Fsp3) is 0.355. The highest BCUT2D eigenvalue weighted by Crippen LogP contribution is 2.38. The van der Waals surface area contributed by atoms with Crippen molar-refractivity contribution in [2.45, 2.75) is 41.4 Å². The summed E-state index contributed by atoms with van der Waals surface area (Å²) < 4.78 is 141. The van der Waals surface area contributed by atoms with Crippen LogP contribution >= 0.6 is 0 Å². The van der Waals surface area contributed by atoms with Crippen LogP contribution < -0.4 is 20.5 Å². The third-order valence-corrected chi connectivity index (χ3v) is 9.02. The van der Waals surface area contributed by atoms with E-state index in [2.05, 4.69) is 10.6 Å². The summed E-state index contributed by atoms with van der Waals surface area (Å²) >= 11 is 0. The number of benzene rings is 3. The summed E-state index contributed by atoms with van der Waals surface area (Å²) in [5, 5.41) is 10.4. The maximum absolute atomic E-state index is 13.0. The Morgan fingerprint density at radius 2 is 1.20 bits per heavy atom. The Hall–Kier alpha value is -4.24. The van der Waals surface area contributed by atoms with E-state index in [-0.39, 0.29) is 46.7 Å². The molecule has 3 rings (SSSR count). The monoisotopic (exact) mass is 769 g/mol. The number of halogens is 6. The number of ether oxygens (including phenoxy) is 2. The van der Waals surface area contributed by atoms with Gasteiger partial charge in [-0.05, 0) is 79.9 Å². The number of carbonyl (C=O) groups is 2. The quantitative estimate of drug-likeness (QED) is 0.0954. The molecule has 3 aromatic carbocycles. The van der Waals surface area contributed by atoms with Gasteiger partial charge >= 0.3 is 12.4 Å². The molecule has 3 aromatic rings. The van der Waals surface area contributed by atoms with Crippen molar-refractivity contribution in [1.82, 2.24) is 10.6 Å². The van der Waals surface area contributed by atoms with Crippen LogP contribution in [0.3, 0.4) is 0 Å².